The summed E-state index contributed by atoms with van der Waals surface area (Å²) in [7, 11) is 0. The summed E-state index contributed by atoms with van der Waals surface area (Å²) in [4.78, 5) is 35.3. The van der Waals surface area contributed by atoms with Gasteiger partial charge in [0.05, 0.1) is 6.54 Å². The fourth-order valence-electron chi connectivity index (χ4n) is 1.91. The van der Waals surface area contributed by atoms with Crippen LogP contribution in [0, 0.1) is 5.82 Å². The lowest BCUT2D eigenvalue weighted by molar-refractivity contribution is -0.132. The van der Waals surface area contributed by atoms with Gasteiger partial charge in [0.1, 0.15) is 0 Å². The molecule has 0 aliphatic rings. The van der Waals surface area contributed by atoms with Crippen molar-refractivity contribution in [3.05, 3.63) is 66.0 Å². The zero-order valence-electron chi connectivity index (χ0n) is 14.0. The quantitative estimate of drug-likeness (QED) is 0.675. The lowest BCUT2D eigenvalue weighted by Gasteiger charge is -2.15. The number of para-hydroxylation sites is 1. The Morgan fingerprint density at radius 3 is 2.35 bits per heavy atom. The molecule has 0 saturated carbocycles. The lowest BCUT2D eigenvalue weighted by atomic mass is 10.2. The minimum absolute atomic E-state index is 0.0726. The molecule has 0 aliphatic heterocycles. The van der Waals surface area contributed by atoms with Crippen molar-refractivity contribution in [2.24, 2.45) is 0 Å². The van der Waals surface area contributed by atoms with Crippen molar-refractivity contribution in [1.29, 1.82) is 0 Å². The van der Waals surface area contributed by atoms with Gasteiger partial charge in [-0.3, -0.25) is 25.2 Å². The number of hydrogen-bond acceptors (Lipinski definition) is 4. The van der Waals surface area contributed by atoms with Gasteiger partial charge < -0.3 is 10.1 Å². The van der Waals surface area contributed by atoms with Crippen LogP contribution in [0.1, 0.15) is 17.3 Å². The molecule has 0 fully saturated rings. The van der Waals surface area contributed by atoms with E-state index in [0.29, 0.717) is 5.56 Å². The summed E-state index contributed by atoms with van der Waals surface area (Å²) >= 11 is 0. The van der Waals surface area contributed by atoms with E-state index in [1.165, 1.54) is 25.1 Å². The van der Waals surface area contributed by atoms with E-state index in [0.717, 1.165) is 0 Å². The highest BCUT2D eigenvalue weighted by Crippen LogP contribution is 2.16. The fraction of sp³-hybridized carbons (Fsp3) is 0.167. The second-order valence-electron chi connectivity index (χ2n) is 5.28. The van der Waals surface area contributed by atoms with E-state index in [2.05, 4.69) is 16.2 Å². The summed E-state index contributed by atoms with van der Waals surface area (Å²) < 4.78 is 18.7. The molecule has 2 rings (SSSR count). The summed E-state index contributed by atoms with van der Waals surface area (Å²) in [6.45, 7) is 1.08. The number of amides is 3. The molecule has 3 amide bonds. The Kier molecular flexibility index (Phi) is 6.67. The molecule has 0 spiro atoms. The third kappa shape index (κ3) is 5.59. The minimum Gasteiger partial charge on any atom is -0.478 e. The first-order valence-electron chi connectivity index (χ1n) is 7.80. The smallest absolute Gasteiger partial charge is 0.279 e. The molecule has 0 aromatic heterocycles. The van der Waals surface area contributed by atoms with Crippen molar-refractivity contribution < 1.29 is 23.5 Å². The van der Waals surface area contributed by atoms with Crippen molar-refractivity contribution >= 4 is 17.7 Å². The van der Waals surface area contributed by atoms with Gasteiger partial charge >= 0.3 is 0 Å². The van der Waals surface area contributed by atoms with Crippen LogP contribution in [-0.2, 0) is 9.59 Å². The molecule has 0 unspecified atom stereocenters. The Bertz CT molecular complexity index is 783. The number of hydrogen-bond donors (Lipinski definition) is 3. The molecule has 0 radical (unpaired) electrons. The molecule has 3 N–H and O–H groups in total. The maximum atomic E-state index is 13.5. The van der Waals surface area contributed by atoms with Gasteiger partial charge in [0.2, 0.25) is 0 Å². The molecule has 2 aromatic rings. The standard InChI is InChI=1S/C18H18FN3O4/c1-12(26-15-10-6-5-9-14(15)19)17(24)22-21-16(23)11-20-18(25)13-7-3-2-4-8-13/h2-10,12H,11H2,1H3,(H,20,25)(H,21,23)(H,22,24)/t12-/m1/s1. The van der Waals surface area contributed by atoms with Crippen LogP contribution in [0.25, 0.3) is 0 Å². The van der Waals surface area contributed by atoms with E-state index >= 15 is 0 Å². The summed E-state index contributed by atoms with van der Waals surface area (Å²) in [5.41, 5.74) is 4.70. The van der Waals surface area contributed by atoms with E-state index in [1.54, 1.807) is 36.4 Å². The maximum absolute atomic E-state index is 13.5. The van der Waals surface area contributed by atoms with Crippen molar-refractivity contribution in [2.75, 3.05) is 6.54 Å². The number of halogens is 1. The van der Waals surface area contributed by atoms with Gasteiger partial charge in [0.25, 0.3) is 17.7 Å². The largest absolute Gasteiger partial charge is 0.478 e. The van der Waals surface area contributed by atoms with Gasteiger partial charge in [0, 0.05) is 5.56 Å². The number of carbonyl (C=O) groups excluding carboxylic acids is 3. The van der Waals surface area contributed by atoms with Crippen molar-refractivity contribution in [2.45, 2.75) is 13.0 Å². The van der Waals surface area contributed by atoms with Gasteiger partial charge in [0.15, 0.2) is 17.7 Å². The molecule has 7 nitrogen and oxygen atoms in total. The summed E-state index contributed by atoms with van der Waals surface area (Å²) in [5, 5.41) is 2.42. The molecule has 2 aromatic carbocycles. The van der Waals surface area contributed by atoms with Gasteiger partial charge in [-0.2, -0.15) is 0 Å². The van der Waals surface area contributed by atoms with E-state index in [-0.39, 0.29) is 12.3 Å². The first-order valence-corrected chi connectivity index (χ1v) is 7.80. The molecule has 136 valence electrons. The van der Waals surface area contributed by atoms with E-state index in [4.69, 9.17) is 4.74 Å². The molecular weight excluding hydrogens is 341 g/mol. The van der Waals surface area contributed by atoms with Gasteiger partial charge in [-0.1, -0.05) is 30.3 Å². The monoisotopic (exact) mass is 359 g/mol. The minimum atomic E-state index is -1.04. The molecule has 1 atom stereocenters. The van der Waals surface area contributed by atoms with Crippen LogP contribution in [0.15, 0.2) is 54.6 Å². The van der Waals surface area contributed by atoms with Gasteiger partial charge in [-0.05, 0) is 31.2 Å². The fourth-order valence-corrected chi connectivity index (χ4v) is 1.91. The van der Waals surface area contributed by atoms with Crippen LogP contribution < -0.4 is 20.9 Å². The van der Waals surface area contributed by atoms with Gasteiger partial charge in [-0.25, -0.2) is 4.39 Å². The highest BCUT2D eigenvalue weighted by molar-refractivity contribution is 5.96. The molecule has 0 heterocycles. The Morgan fingerprint density at radius 1 is 1.00 bits per heavy atom. The van der Waals surface area contributed by atoms with Crippen LogP contribution in [0.5, 0.6) is 5.75 Å². The molecule has 0 saturated heterocycles. The predicted octanol–water partition coefficient (Wildman–Crippen LogP) is 1.17. The number of rotatable bonds is 6. The van der Waals surface area contributed by atoms with Crippen LogP contribution in [0.4, 0.5) is 4.39 Å². The van der Waals surface area contributed by atoms with Crippen molar-refractivity contribution in [3.63, 3.8) is 0 Å². The number of nitrogens with one attached hydrogen (secondary N) is 3. The Morgan fingerprint density at radius 2 is 1.65 bits per heavy atom. The molecule has 0 bridgehead atoms. The van der Waals surface area contributed by atoms with E-state index in [1.807, 2.05) is 0 Å². The van der Waals surface area contributed by atoms with Crippen molar-refractivity contribution in [3.8, 4) is 5.75 Å². The number of ether oxygens (including phenoxy) is 1. The first kappa shape index (κ1) is 18.9. The Balaban J connectivity index is 1.73. The highest BCUT2D eigenvalue weighted by Gasteiger charge is 2.17. The molecule has 0 aliphatic carbocycles. The van der Waals surface area contributed by atoms with Gasteiger partial charge in [-0.15, -0.1) is 0 Å². The Labute approximate surface area is 149 Å². The number of carbonyl (C=O) groups is 3. The summed E-state index contributed by atoms with van der Waals surface area (Å²) in [5.74, 6) is -2.38. The summed E-state index contributed by atoms with van der Waals surface area (Å²) in [6.07, 6.45) is -1.04. The number of benzene rings is 2. The average molecular weight is 359 g/mol. The topological polar surface area (TPSA) is 96.5 Å². The second kappa shape index (κ2) is 9.16. The normalized spacial score (nSPS) is 11.2. The predicted molar refractivity (Wildman–Crippen MR) is 91.6 cm³/mol. The summed E-state index contributed by atoms with van der Waals surface area (Å²) in [6, 6.07) is 14.0. The third-order valence-corrected chi connectivity index (χ3v) is 3.28. The van der Waals surface area contributed by atoms with Crippen LogP contribution in [0.2, 0.25) is 0 Å². The Hall–Kier alpha value is -3.42. The number of hydrazine groups is 1. The second-order valence-corrected chi connectivity index (χ2v) is 5.28. The third-order valence-electron chi connectivity index (χ3n) is 3.28. The van der Waals surface area contributed by atoms with E-state index in [9.17, 15) is 18.8 Å². The van der Waals surface area contributed by atoms with Crippen LogP contribution >= 0.6 is 0 Å². The van der Waals surface area contributed by atoms with E-state index < -0.39 is 29.6 Å². The molecular formula is C18H18FN3O4. The zero-order chi connectivity index (χ0) is 18.9. The molecule has 8 heteroatoms. The average Bonchev–Trinajstić information content (AvgIpc) is 2.66. The first-order chi connectivity index (χ1) is 12.5. The van der Waals surface area contributed by atoms with Crippen LogP contribution in [-0.4, -0.2) is 30.4 Å². The zero-order valence-corrected chi connectivity index (χ0v) is 14.0. The highest BCUT2D eigenvalue weighted by atomic mass is 19.1. The SMILES string of the molecule is C[C@@H](Oc1ccccc1F)C(=O)NNC(=O)CNC(=O)c1ccccc1. The lowest BCUT2D eigenvalue weighted by Crippen LogP contribution is -2.50. The van der Waals surface area contributed by atoms with Crippen molar-refractivity contribution in [1.82, 2.24) is 16.2 Å². The van der Waals surface area contributed by atoms with Crippen LogP contribution in [0.3, 0.4) is 0 Å². The molecule has 26 heavy (non-hydrogen) atoms. The maximum Gasteiger partial charge on any atom is 0.279 e.